The topological polar surface area (TPSA) is 84.9 Å². The molecule has 0 aromatic carbocycles. The SMILES string of the molecule is Nc1[nH]nc2nc(-c3cnn4ccccc34)c(I)cc12. The van der Waals surface area contributed by atoms with Gasteiger partial charge >= 0.3 is 0 Å². The van der Waals surface area contributed by atoms with Gasteiger partial charge in [0, 0.05) is 15.3 Å². The van der Waals surface area contributed by atoms with Crippen LogP contribution in [0.2, 0.25) is 0 Å². The molecule has 4 aromatic rings. The fourth-order valence-electron chi connectivity index (χ4n) is 2.24. The number of anilines is 1. The van der Waals surface area contributed by atoms with Gasteiger partial charge in [0.2, 0.25) is 0 Å². The van der Waals surface area contributed by atoms with Crippen molar-refractivity contribution in [1.82, 2.24) is 24.8 Å². The average Bonchev–Trinajstić information content (AvgIpc) is 3.03. The van der Waals surface area contributed by atoms with Gasteiger partial charge in [-0.3, -0.25) is 5.10 Å². The van der Waals surface area contributed by atoms with Gasteiger partial charge in [0.1, 0.15) is 5.82 Å². The Morgan fingerprint density at radius 2 is 2.20 bits per heavy atom. The highest BCUT2D eigenvalue weighted by Crippen LogP contribution is 2.30. The van der Waals surface area contributed by atoms with Crippen molar-refractivity contribution in [3.05, 3.63) is 40.2 Å². The van der Waals surface area contributed by atoms with Crippen LogP contribution in [0.3, 0.4) is 0 Å². The smallest absolute Gasteiger partial charge is 0.183 e. The first-order valence-corrected chi connectivity index (χ1v) is 7.05. The van der Waals surface area contributed by atoms with E-state index in [1.807, 2.05) is 41.2 Å². The Labute approximate surface area is 127 Å². The van der Waals surface area contributed by atoms with E-state index >= 15 is 0 Å². The summed E-state index contributed by atoms with van der Waals surface area (Å²) < 4.78 is 2.85. The molecule has 0 aliphatic carbocycles. The first-order chi connectivity index (χ1) is 9.74. The number of nitrogen functional groups attached to an aromatic ring is 1. The summed E-state index contributed by atoms with van der Waals surface area (Å²) in [6.07, 6.45) is 3.73. The number of pyridine rings is 2. The van der Waals surface area contributed by atoms with Crippen LogP contribution in [-0.4, -0.2) is 24.8 Å². The minimum atomic E-state index is 0.539. The number of fused-ring (bicyclic) bond motifs is 2. The van der Waals surface area contributed by atoms with Crippen LogP contribution < -0.4 is 5.73 Å². The highest BCUT2D eigenvalue weighted by molar-refractivity contribution is 14.1. The van der Waals surface area contributed by atoms with E-state index in [1.54, 1.807) is 0 Å². The van der Waals surface area contributed by atoms with Gasteiger partial charge in [-0.2, -0.15) is 10.2 Å². The number of rotatable bonds is 1. The lowest BCUT2D eigenvalue weighted by molar-refractivity contribution is 0.961. The molecule has 3 N–H and O–H groups in total. The van der Waals surface area contributed by atoms with Gasteiger partial charge in [0.05, 0.1) is 22.8 Å². The van der Waals surface area contributed by atoms with Crippen molar-refractivity contribution in [3.8, 4) is 11.3 Å². The number of H-pyrrole nitrogens is 1. The lowest BCUT2D eigenvalue weighted by atomic mass is 10.1. The Morgan fingerprint density at radius 1 is 1.30 bits per heavy atom. The Morgan fingerprint density at radius 3 is 3.10 bits per heavy atom. The first-order valence-electron chi connectivity index (χ1n) is 5.97. The van der Waals surface area contributed by atoms with E-state index in [-0.39, 0.29) is 0 Å². The predicted octanol–water partition coefficient (Wildman–Crippen LogP) is 2.46. The van der Waals surface area contributed by atoms with Gasteiger partial charge in [-0.1, -0.05) is 6.07 Å². The number of aromatic amines is 1. The predicted molar refractivity (Wildman–Crippen MR) is 85.2 cm³/mol. The monoisotopic (exact) mass is 376 g/mol. The summed E-state index contributed by atoms with van der Waals surface area (Å²) in [5.74, 6) is 0.539. The van der Waals surface area contributed by atoms with Gasteiger partial charge in [0.15, 0.2) is 5.65 Å². The van der Waals surface area contributed by atoms with Gasteiger partial charge in [0.25, 0.3) is 0 Å². The molecule has 4 aromatic heterocycles. The second kappa shape index (κ2) is 4.17. The van der Waals surface area contributed by atoms with Crippen LogP contribution in [0.15, 0.2) is 36.7 Å². The van der Waals surface area contributed by atoms with E-state index in [4.69, 9.17) is 5.73 Å². The van der Waals surface area contributed by atoms with E-state index in [9.17, 15) is 0 Å². The highest BCUT2D eigenvalue weighted by atomic mass is 127. The molecule has 98 valence electrons. The maximum atomic E-state index is 5.83. The van der Waals surface area contributed by atoms with E-state index in [1.165, 1.54) is 0 Å². The molecule has 6 nitrogen and oxygen atoms in total. The van der Waals surface area contributed by atoms with E-state index in [2.05, 4.69) is 42.9 Å². The number of halogens is 1. The third kappa shape index (κ3) is 1.59. The fourth-order valence-corrected chi connectivity index (χ4v) is 2.96. The molecule has 7 heteroatoms. The summed E-state index contributed by atoms with van der Waals surface area (Å²) in [7, 11) is 0. The molecule has 0 radical (unpaired) electrons. The molecule has 20 heavy (non-hydrogen) atoms. The number of hydrogen-bond acceptors (Lipinski definition) is 4. The van der Waals surface area contributed by atoms with E-state index < -0.39 is 0 Å². The Kier molecular flexibility index (Phi) is 2.43. The Hall–Kier alpha value is -2.16. The summed E-state index contributed by atoms with van der Waals surface area (Å²) in [4.78, 5) is 4.60. The zero-order valence-electron chi connectivity index (χ0n) is 10.2. The van der Waals surface area contributed by atoms with E-state index in [0.717, 1.165) is 25.7 Å². The lowest BCUT2D eigenvalue weighted by Crippen LogP contribution is -1.90. The Balaban J connectivity index is 2.04. The third-order valence-corrected chi connectivity index (χ3v) is 4.03. The van der Waals surface area contributed by atoms with Crippen molar-refractivity contribution in [2.24, 2.45) is 0 Å². The van der Waals surface area contributed by atoms with E-state index in [0.29, 0.717) is 11.5 Å². The van der Waals surface area contributed by atoms with Crippen molar-refractivity contribution in [2.75, 3.05) is 5.73 Å². The number of hydrogen-bond donors (Lipinski definition) is 2. The zero-order valence-corrected chi connectivity index (χ0v) is 12.4. The molecule has 0 aliphatic rings. The van der Waals surface area contributed by atoms with Crippen LogP contribution in [0.1, 0.15) is 0 Å². The Bertz CT molecular complexity index is 938. The number of nitrogens with two attached hydrogens (primary N) is 1. The maximum Gasteiger partial charge on any atom is 0.183 e. The summed E-state index contributed by atoms with van der Waals surface area (Å²) >= 11 is 2.26. The molecular weight excluding hydrogens is 367 g/mol. The van der Waals surface area contributed by atoms with Crippen LogP contribution in [-0.2, 0) is 0 Å². The molecule has 0 aliphatic heterocycles. The molecule has 4 rings (SSSR count). The molecule has 0 bridgehead atoms. The molecule has 0 atom stereocenters. The first kappa shape index (κ1) is 11.6. The second-order valence-corrected chi connectivity index (χ2v) is 5.58. The van der Waals surface area contributed by atoms with Crippen molar-refractivity contribution in [3.63, 3.8) is 0 Å². The van der Waals surface area contributed by atoms with Crippen molar-refractivity contribution in [1.29, 1.82) is 0 Å². The zero-order chi connectivity index (χ0) is 13.7. The molecule has 0 saturated carbocycles. The van der Waals surface area contributed by atoms with Crippen LogP contribution in [0.25, 0.3) is 27.8 Å². The molecule has 0 spiro atoms. The van der Waals surface area contributed by atoms with Crippen LogP contribution in [0, 0.1) is 3.57 Å². The van der Waals surface area contributed by atoms with Gasteiger partial charge < -0.3 is 5.73 Å². The van der Waals surface area contributed by atoms with Crippen LogP contribution >= 0.6 is 22.6 Å². The van der Waals surface area contributed by atoms with Crippen molar-refractivity contribution < 1.29 is 0 Å². The van der Waals surface area contributed by atoms with Crippen LogP contribution in [0.5, 0.6) is 0 Å². The van der Waals surface area contributed by atoms with Crippen LogP contribution in [0.4, 0.5) is 5.82 Å². The summed E-state index contributed by atoms with van der Waals surface area (Å²) in [6.45, 7) is 0. The number of nitrogens with one attached hydrogen (secondary N) is 1. The minimum absolute atomic E-state index is 0.539. The van der Waals surface area contributed by atoms with Gasteiger partial charge in [-0.05, 0) is 40.8 Å². The summed E-state index contributed by atoms with van der Waals surface area (Å²) in [5.41, 5.74) is 9.31. The minimum Gasteiger partial charge on any atom is -0.384 e. The molecular formula is C13H9IN6. The lowest BCUT2D eigenvalue weighted by Gasteiger charge is -2.02. The molecule has 0 unspecified atom stereocenters. The molecule has 0 fully saturated rings. The van der Waals surface area contributed by atoms with Crippen molar-refractivity contribution in [2.45, 2.75) is 0 Å². The number of nitrogens with zero attached hydrogens (tertiary/aromatic N) is 4. The van der Waals surface area contributed by atoms with Gasteiger partial charge in [-0.25, -0.2) is 9.50 Å². The summed E-state index contributed by atoms with van der Waals surface area (Å²) in [5, 5.41) is 12.1. The fraction of sp³-hybridized carbons (Fsp3) is 0. The average molecular weight is 376 g/mol. The standard InChI is InChI=1S/C13H9IN6/c14-9-5-7-12(15)18-19-13(7)17-11(9)8-6-16-20-4-2-1-3-10(8)20/h1-6H,(H3,15,17,18,19). The highest BCUT2D eigenvalue weighted by Gasteiger charge is 2.14. The second-order valence-electron chi connectivity index (χ2n) is 4.42. The third-order valence-electron chi connectivity index (χ3n) is 3.21. The normalized spacial score (nSPS) is 11.4. The maximum absolute atomic E-state index is 5.83. The van der Waals surface area contributed by atoms with Gasteiger partial charge in [-0.15, -0.1) is 0 Å². The molecule has 4 heterocycles. The number of aromatic nitrogens is 5. The quantitative estimate of drug-likeness (QED) is 0.500. The van der Waals surface area contributed by atoms with Crippen molar-refractivity contribution >= 4 is 45.0 Å². The summed E-state index contributed by atoms with van der Waals surface area (Å²) in [6, 6.07) is 7.94. The largest absolute Gasteiger partial charge is 0.384 e. The molecule has 0 saturated heterocycles. The molecule has 0 amide bonds.